The van der Waals surface area contributed by atoms with Crippen LogP contribution in [0.3, 0.4) is 0 Å². The standard InChI is InChI=1S/C20H18BrIN2O2/c1-13(2)24-20(25)16(11-23)9-15-10-17(21)5-8-19(15)26-12-14-3-6-18(22)7-4-14/h3-10,13H,12H2,1-2H3,(H,24,25)/b16-9-. The van der Waals surface area contributed by atoms with Crippen LogP contribution in [0.1, 0.15) is 25.0 Å². The highest BCUT2D eigenvalue weighted by Crippen LogP contribution is 2.26. The van der Waals surface area contributed by atoms with E-state index in [0.29, 0.717) is 17.9 Å². The van der Waals surface area contributed by atoms with E-state index in [1.54, 1.807) is 6.08 Å². The van der Waals surface area contributed by atoms with Crippen LogP contribution in [0.25, 0.3) is 6.08 Å². The van der Waals surface area contributed by atoms with Crippen LogP contribution >= 0.6 is 38.5 Å². The lowest BCUT2D eigenvalue weighted by Crippen LogP contribution is -2.30. The van der Waals surface area contributed by atoms with Crippen molar-refractivity contribution < 1.29 is 9.53 Å². The minimum Gasteiger partial charge on any atom is -0.488 e. The highest BCUT2D eigenvalue weighted by atomic mass is 127. The van der Waals surface area contributed by atoms with E-state index in [1.807, 2.05) is 62.4 Å². The number of carbonyl (C=O) groups is 1. The minimum atomic E-state index is -0.397. The number of nitrogens with zero attached hydrogens (tertiary/aromatic N) is 1. The molecule has 0 radical (unpaired) electrons. The molecule has 0 spiro atoms. The summed E-state index contributed by atoms with van der Waals surface area (Å²) in [6, 6.07) is 15.5. The van der Waals surface area contributed by atoms with Crippen LogP contribution in [0.5, 0.6) is 5.75 Å². The van der Waals surface area contributed by atoms with Gasteiger partial charge in [0.15, 0.2) is 0 Å². The predicted octanol–water partition coefficient (Wildman–Crippen LogP) is 5.06. The van der Waals surface area contributed by atoms with Crippen molar-refractivity contribution >= 4 is 50.5 Å². The van der Waals surface area contributed by atoms with Crippen LogP contribution in [0.2, 0.25) is 0 Å². The topological polar surface area (TPSA) is 62.1 Å². The largest absolute Gasteiger partial charge is 0.488 e. The van der Waals surface area contributed by atoms with Gasteiger partial charge in [0.05, 0.1) is 0 Å². The second-order valence-corrected chi connectivity index (χ2v) is 8.06. The Morgan fingerprint density at radius 3 is 2.62 bits per heavy atom. The lowest BCUT2D eigenvalue weighted by molar-refractivity contribution is -0.117. The van der Waals surface area contributed by atoms with Crippen LogP contribution in [-0.2, 0) is 11.4 Å². The third-order valence-corrected chi connectivity index (χ3v) is 4.58. The molecule has 2 rings (SSSR count). The van der Waals surface area contributed by atoms with E-state index >= 15 is 0 Å². The normalized spacial score (nSPS) is 11.2. The Kier molecular flexibility index (Phi) is 7.66. The van der Waals surface area contributed by atoms with Gasteiger partial charge in [-0.2, -0.15) is 5.26 Å². The molecule has 0 aliphatic carbocycles. The first-order valence-corrected chi connectivity index (χ1v) is 9.85. The molecule has 26 heavy (non-hydrogen) atoms. The zero-order valence-corrected chi connectivity index (χ0v) is 18.2. The summed E-state index contributed by atoms with van der Waals surface area (Å²) in [5.74, 6) is 0.211. The van der Waals surface area contributed by atoms with Crippen molar-refractivity contribution in [1.29, 1.82) is 5.26 Å². The van der Waals surface area contributed by atoms with Gasteiger partial charge in [0.25, 0.3) is 5.91 Å². The third-order valence-electron chi connectivity index (χ3n) is 3.36. The van der Waals surface area contributed by atoms with E-state index in [2.05, 4.69) is 43.8 Å². The van der Waals surface area contributed by atoms with Crippen LogP contribution in [0.15, 0.2) is 52.5 Å². The Morgan fingerprint density at radius 2 is 2.00 bits per heavy atom. The summed E-state index contributed by atoms with van der Waals surface area (Å²) in [4.78, 5) is 12.1. The van der Waals surface area contributed by atoms with Gasteiger partial charge in [-0.1, -0.05) is 28.1 Å². The Hall–Kier alpha value is -1.85. The van der Waals surface area contributed by atoms with E-state index in [-0.39, 0.29) is 11.6 Å². The molecule has 0 atom stereocenters. The third kappa shape index (κ3) is 6.15. The van der Waals surface area contributed by atoms with Crippen molar-refractivity contribution in [2.24, 2.45) is 0 Å². The lowest BCUT2D eigenvalue weighted by atomic mass is 10.1. The van der Waals surface area contributed by atoms with Crippen molar-refractivity contribution in [3.8, 4) is 11.8 Å². The zero-order chi connectivity index (χ0) is 19.1. The Bertz CT molecular complexity index is 855. The second-order valence-electron chi connectivity index (χ2n) is 5.90. The van der Waals surface area contributed by atoms with Crippen LogP contribution < -0.4 is 10.1 Å². The maximum atomic E-state index is 12.1. The van der Waals surface area contributed by atoms with Crippen molar-refractivity contribution in [3.63, 3.8) is 0 Å². The first-order valence-electron chi connectivity index (χ1n) is 7.98. The maximum Gasteiger partial charge on any atom is 0.262 e. The summed E-state index contributed by atoms with van der Waals surface area (Å²) in [6.07, 6.45) is 1.55. The average Bonchev–Trinajstić information content (AvgIpc) is 2.59. The molecule has 0 bridgehead atoms. The SMILES string of the molecule is CC(C)NC(=O)/C(C#N)=C\c1cc(Br)ccc1OCc1ccc(I)cc1. The molecular formula is C20H18BrIN2O2. The molecule has 4 nitrogen and oxygen atoms in total. The highest BCUT2D eigenvalue weighted by molar-refractivity contribution is 14.1. The maximum absolute atomic E-state index is 12.1. The first kappa shape index (κ1) is 20.5. The van der Waals surface area contributed by atoms with E-state index in [4.69, 9.17) is 4.74 Å². The van der Waals surface area contributed by atoms with E-state index in [1.165, 1.54) is 0 Å². The number of amides is 1. The fraction of sp³-hybridized carbons (Fsp3) is 0.200. The predicted molar refractivity (Wildman–Crippen MR) is 115 cm³/mol. The molecule has 134 valence electrons. The molecule has 0 fully saturated rings. The van der Waals surface area contributed by atoms with Gasteiger partial charge in [-0.15, -0.1) is 0 Å². The fourth-order valence-corrected chi connectivity index (χ4v) is 2.89. The number of hydrogen-bond acceptors (Lipinski definition) is 3. The lowest BCUT2D eigenvalue weighted by Gasteiger charge is -2.11. The van der Waals surface area contributed by atoms with Gasteiger partial charge in [-0.05, 0) is 78.4 Å². The molecule has 0 aliphatic rings. The minimum absolute atomic E-state index is 0.0379. The number of nitriles is 1. The van der Waals surface area contributed by atoms with Gasteiger partial charge in [-0.25, -0.2) is 0 Å². The van der Waals surface area contributed by atoms with Gasteiger partial charge in [0, 0.05) is 19.6 Å². The molecule has 1 N–H and O–H groups in total. The number of nitrogens with one attached hydrogen (secondary N) is 1. The highest BCUT2D eigenvalue weighted by Gasteiger charge is 2.12. The van der Waals surface area contributed by atoms with Crippen LogP contribution in [-0.4, -0.2) is 11.9 Å². The number of rotatable bonds is 6. The summed E-state index contributed by atoms with van der Waals surface area (Å²) in [7, 11) is 0. The van der Waals surface area contributed by atoms with E-state index < -0.39 is 5.91 Å². The molecule has 0 saturated carbocycles. The molecule has 6 heteroatoms. The molecule has 0 aliphatic heterocycles. The number of ether oxygens (including phenoxy) is 1. The smallest absolute Gasteiger partial charge is 0.262 e. The molecule has 0 heterocycles. The van der Waals surface area contributed by atoms with Gasteiger partial charge >= 0.3 is 0 Å². The monoisotopic (exact) mass is 524 g/mol. The van der Waals surface area contributed by atoms with E-state index in [9.17, 15) is 10.1 Å². The number of benzene rings is 2. The fourth-order valence-electron chi connectivity index (χ4n) is 2.15. The van der Waals surface area contributed by atoms with Crippen molar-refractivity contribution in [3.05, 3.63) is 67.2 Å². The van der Waals surface area contributed by atoms with E-state index in [0.717, 1.165) is 13.6 Å². The van der Waals surface area contributed by atoms with Crippen LogP contribution in [0.4, 0.5) is 0 Å². The van der Waals surface area contributed by atoms with Gasteiger partial charge in [0.1, 0.15) is 24.0 Å². The van der Waals surface area contributed by atoms with Crippen molar-refractivity contribution in [2.75, 3.05) is 0 Å². The number of hydrogen-bond donors (Lipinski definition) is 1. The van der Waals surface area contributed by atoms with Gasteiger partial charge in [-0.3, -0.25) is 4.79 Å². The molecule has 0 saturated heterocycles. The molecule has 1 amide bonds. The summed E-state index contributed by atoms with van der Waals surface area (Å²) in [5, 5.41) is 12.1. The molecule has 0 unspecified atom stereocenters. The summed E-state index contributed by atoms with van der Waals surface area (Å²) in [6.45, 7) is 4.10. The van der Waals surface area contributed by atoms with Crippen molar-refractivity contribution in [2.45, 2.75) is 26.5 Å². The second kappa shape index (κ2) is 9.74. The van der Waals surface area contributed by atoms with Gasteiger partial charge < -0.3 is 10.1 Å². The Morgan fingerprint density at radius 1 is 1.31 bits per heavy atom. The Balaban J connectivity index is 2.26. The quantitative estimate of drug-likeness (QED) is 0.326. The number of halogens is 2. The van der Waals surface area contributed by atoms with Crippen molar-refractivity contribution in [1.82, 2.24) is 5.32 Å². The molecule has 2 aromatic carbocycles. The molecule has 2 aromatic rings. The first-order chi connectivity index (χ1) is 12.4. The average molecular weight is 525 g/mol. The molecular weight excluding hydrogens is 507 g/mol. The summed E-state index contributed by atoms with van der Waals surface area (Å²) >= 11 is 5.67. The summed E-state index contributed by atoms with van der Waals surface area (Å²) in [5.41, 5.74) is 1.75. The van der Waals surface area contributed by atoms with Crippen LogP contribution in [0, 0.1) is 14.9 Å². The molecule has 0 aromatic heterocycles. The van der Waals surface area contributed by atoms with Gasteiger partial charge in [0.2, 0.25) is 0 Å². The summed E-state index contributed by atoms with van der Waals surface area (Å²) < 4.78 is 7.92. The zero-order valence-electron chi connectivity index (χ0n) is 14.4. The number of carbonyl (C=O) groups excluding carboxylic acids is 1. The Labute approximate surface area is 175 Å².